The smallest absolute Gasteiger partial charge is 0.165 e. The quantitative estimate of drug-likeness (QED) is 0.687. The third-order valence-electron chi connectivity index (χ3n) is 7.76. The fraction of sp³-hybridized carbons (Fsp3) is 0.842. The van der Waals surface area contributed by atoms with Gasteiger partial charge in [0.25, 0.3) is 0 Å². The molecule has 0 aliphatic heterocycles. The second kappa shape index (κ2) is 4.44. The molecule has 0 heterocycles. The van der Waals surface area contributed by atoms with Crippen molar-refractivity contribution in [1.29, 1.82) is 0 Å². The lowest BCUT2D eigenvalue weighted by molar-refractivity contribution is -0.133. The van der Waals surface area contributed by atoms with Gasteiger partial charge < -0.3 is 5.11 Å². The summed E-state index contributed by atoms with van der Waals surface area (Å²) in [5.74, 6) is 2.40. The molecular formula is C19H28O2. The zero-order chi connectivity index (χ0) is 14.8. The Morgan fingerprint density at radius 3 is 2.81 bits per heavy atom. The van der Waals surface area contributed by atoms with Crippen molar-refractivity contribution in [2.45, 2.75) is 71.3 Å². The van der Waals surface area contributed by atoms with Gasteiger partial charge in [0.1, 0.15) is 6.10 Å². The molecule has 4 aliphatic rings. The highest BCUT2D eigenvalue weighted by Crippen LogP contribution is 2.64. The predicted octanol–water partition coefficient (Wildman–Crippen LogP) is 3.88. The molecule has 0 aromatic rings. The molecule has 0 amide bonds. The summed E-state index contributed by atoms with van der Waals surface area (Å²) in [6.45, 7) is 4.85. The number of allylic oxidation sites excluding steroid dienone is 2. The first-order valence-electron chi connectivity index (χ1n) is 8.84. The van der Waals surface area contributed by atoms with E-state index < -0.39 is 6.10 Å². The van der Waals surface area contributed by atoms with E-state index in [-0.39, 0.29) is 11.2 Å². The summed E-state index contributed by atoms with van der Waals surface area (Å²) in [6, 6.07) is 0. The van der Waals surface area contributed by atoms with Gasteiger partial charge in [-0.05, 0) is 67.1 Å². The molecule has 0 saturated heterocycles. The van der Waals surface area contributed by atoms with Gasteiger partial charge in [0, 0.05) is 6.42 Å². The Labute approximate surface area is 128 Å². The van der Waals surface area contributed by atoms with Gasteiger partial charge in [0.15, 0.2) is 5.78 Å². The zero-order valence-electron chi connectivity index (χ0n) is 13.4. The lowest BCUT2D eigenvalue weighted by Gasteiger charge is -2.57. The maximum atomic E-state index is 11.9. The van der Waals surface area contributed by atoms with Gasteiger partial charge in [-0.15, -0.1) is 0 Å². The van der Waals surface area contributed by atoms with Crippen LogP contribution in [0.1, 0.15) is 65.2 Å². The number of ketones is 1. The van der Waals surface area contributed by atoms with Crippen molar-refractivity contribution in [1.82, 2.24) is 0 Å². The van der Waals surface area contributed by atoms with Crippen LogP contribution in [0, 0.1) is 28.6 Å². The Kier molecular flexibility index (Phi) is 2.96. The van der Waals surface area contributed by atoms with Crippen molar-refractivity contribution in [2.24, 2.45) is 28.6 Å². The molecule has 6 atom stereocenters. The van der Waals surface area contributed by atoms with Gasteiger partial charge in [-0.1, -0.05) is 31.9 Å². The van der Waals surface area contributed by atoms with Crippen LogP contribution in [0.3, 0.4) is 0 Å². The number of carbonyl (C=O) groups is 1. The van der Waals surface area contributed by atoms with Crippen molar-refractivity contribution in [3.8, 4) is 0 Å². The highest BCUT2D eigenvalue weighted by atomic mass is 16.3. The first-order chi connectivity index (χ1) is 9.94. The maximum absolute atomic E-state index is 11.9. The molecule has 1 unspecified atom stereocenters. The van der Waals surface area contributed by atoms with Crippen molar-refractivity contribution < 1.29 is 9.90 Å². The van der Waals surface area contributed by atoms with Gasteiger partial charge in [-0.25, -0.2) is 0 Å². The summed E-state index contributed by atoms with van der Waals surface area (Å²) < 4.78 is 0. The van der Waals surface area contributed by atoms with E-state index in [1.54, 1.807) is 0 Å². The van der Waals surface area contributed by atoms with Crippen LogP contribution < -0.4 is 0 Å². The number of hydrogen-bond donors (Lipinski definition) is 1. The van der Waals surface area contributed by atoms with Gasteiger partial charge in [-0.3, -0.25) is 4.79 Å². The average Bonchev–Trinajstić information content (AvgIpc) is 2.82. The molecule has 1 N–H and O–H groups in total. The van der Waals surface area contributed by atoms with Crippen LogP contribution in [0.5, 0.6) is 0 Å². The van der Waals surface area contributed by atoms with E-state index in [1.165, 1.54) is 44.1 Å². The van der Waals surface area contributed by atoms with Crippen LogP contribution in [0.2, 0.25) is 0 Å². The lowest BCUT2D eigenvalue weighted by atomic mass is 9.48. The number of Topliss-reactive ketones (excluding diaryl/α,β-unsaturated/α-hetero) is 1. The van der Waals surface area contributed by atoms with E-state index in [1.807, 2.05) is 0 Å². The second-order valence-electron chi connectivity index (χ2n) is 8.71. The van der Waals surface area contributed by atoms with Gasteiger partial charge in [0.2, 0.25) is 0 Å². The second-order valence-corrected chi connectivity index (χ2v) is 8.71. The summed E-state index contributed by atoms with van der Waals surface area (Å²) in [7, 11) is 0. The Morgan fingerprint density at radius 2 is 2.00 bits per heavy atom. The molecule has 0 aromatic carbocycles. The summed E-state index contributed by atoms with van der Waals surface area (Å²) in [5.41, 5.74) is 2.01. The first-order valence-corrected chi connectivity index (χ1v) is 8.84. The molecule has 0 spiro atoms. The van der Waals surface area contributed by atoms with Crippen molar-refractivity contribution in [3.63, 3.8) is 0 Å². The standard InChI is InChI=1S/C19H28O2/c1-18-8-3-4-14(18)13-6-5-12-10-16(20)17(21)11-19(12,2)15(13)7-9-18/h5,13-15,17,21H,3-4,6-11H2,1-2H3/t13-,14-,15+,17?,18-,19-/m0/s1. The molecule has 0 aromatic heterocycles. The topological polar surface area (TPSA) is 37.3 Å². The predicted molar refractivity (Wildman–Crippen MR) is 82.7 cm³/mol. The fourth-order valence-electron chi connectivity index (χ4n) is 6.53. The first kappa shape index (κ1) is 14.0. The van der Waals surface area contributed by atoms with Crippen LogP contribution in [-0.2, 0) is 4.79 Å². The van der Waals surface area contributed by atoms with Crippen molar-refractivity contribution >= 4 is 5.78 Å². The van der Waals surface area contributed by atoms with E-state index >= 15 is 0 Å². The van der Waals surface area contributed by atoms with Crippen LogP contribution in [-0.4, -0.2) is 17.0 Å². The van der Waals surface area contributed by atoms with Gasteiger partial charge in [0.05, 0.1) is 0 Å². The van der Waals surface area contributed by atoms with E-state index in [0.29, 0.717) is 24.2 Å². The van der Waals surface area contributed by atoms with Crippen molar-refractivity contribution in [3.05, 3.63) is 11.6 Å². The molecule has 2 nitrogen and oxygen atoms in total. The molecule has 0 radical (unpaired) electrons. The van der Waals surface area contributed by atoms with Crippen LogP contribution in [0.15, 0.2) is 11.6 Å². The molecule has 3 saturated carbocycles. The minimum absolute atomic E-state index is 0.0405. The molecule has 3 fully saturated rings. The Morgan fingerprint density at radius 1 is 1.19 bits per heavy atom. The Bertz CT molecular complexity index is 508. The molecule has 4 aliphatic carbocycles. The summed E-state index contributed by atoms with van der Waals surface area (Å²) in [6.07, 6.45) is 10.9. The number of aliphatic hydroxyl groups excluding tert-OH is 1. The molecule has 4 rings (SSSR count). The number of rotatable bonds is 0. The highest BCUT2D eigenvalue weighted by Gasteiger charge is 2.56. The van der Waals surface area contributed by atoms with E-state index in [0.717, 1.165) is 11.8 Å². The zero-order valence-corrected chi connectivity index (χ0v) is 13.4. The number of fused-ring (bicyclic) bond motifs is 5. The maximum Gasteiger partial charge on any atom is 0.165 e. The minimum atomic E-state index is -0.720. The molecular weight excluding hydrogens is 260 g/mol. The van der Waals surface area contributed by atoms with Crippen LogP contribution in [0.25, 0.3) is 0 Å². The van der Waals surface area contributed by atoms with E-state index in [2.05, 4.69) is 19.9 Å². The SMILES string of the molecule is C[C@@]12CCC[C@H]1[C@@H]1CC=C3CC(=O)C(O)C[C@]3(C)[C@@H]1CC2. The summed E-state index contributed by atoms with van der Waals surface area (Å²) in [4.78, 5) is 11.9. The highest BCUT2D eigenvalue weighted by molar-refractivity contribution is 5.86. The molecule has 116 valence electrons. The van der Waals surface area contributed by atoms with Crippen molar-refractivity contribution in [2.75, 3.05) is 0 Å². The van der Waals surface area contributed by atoms with E-state index in [4.69, 9.17) is 0 Å². The number of hydrogen-bond acceptors (Lipinski definition) is 2. The van der Waals surface area contributed by atoms with Crippen LogP contribution >= 0.6 is 0 Å². The number of aliphatic hydroxyl groups is 1. The Hall–Kier alpha value is -0.630. The third-order valence-corrected chi connectivity index (χ3v) is 7.76. The fourth-order valence-corrected chi connectivity index (χ4v) is 6.53. The Balaban J connectivity index is 1.70. The third kappa shape index (κ3) is 1.84. The monoisotopic (exact) mass is 288 g/mol. The summed E-state index contributed by atoms with van der Waals surface area (Å²) in [5, 5.41) is 10.1. The normalized spacial score (nSPS) is 52.7. The van der Waals surface area contributed by atoms with E-state index in [9.17, 15) is 9.90 Å². The number of carbonyl (C=O) groups excluding carboxylic acids is 1. The molecule has 0 bridgehead atoms. The molecule has 21 heavy (non-hydrogen) atoms. The van der Waals surface area contributed by atoms with Gasteiger partial charge in [-0.2, -0.15) is 0 Å². The molecule has 2 heteroatoms. The van der Waals surface area contributed by atoms with Gasteiger partial charge >= 0.3 is 0 Å². The lowest BCUT2D eigenvalue weighted by Crippen LogP contribution is -2.51. The largest absolute Gasteiger partial charge is 0.385 e. The van der Waals surface area contributed by atoms with Crippen LogP contribution in [0.4, 0.5) is 0 Å². The minimum Gasteiger partial charge on any atom is -0.385 e. The average molecular weight is 288 g/mol. The summed E-state index contributed by atoms with van der Waals surface area (Å²) >= 11 is 0.